The molecule has 1 saturated heterocycles. The van der Waals surface area contributed by atoms with Crippen molar-refractivity contribution in [1.82, 2.24) is 9.88 Å². The molecule has 1 aromatic heterocycles. The number of carbonyl (C=O) groups excluding carboxylic acids is 1. The van der Waals surface area contributed by atoms with Crippen LogP contribution in [0.1, 0.15) is 43.1 Å². The lowest BCUT2D eigenvalue weighted by atomic mass is 9.92. The number of carbonyl (C=O) groups is 1. The molecule has 0 atom stereocenters. The summed E-state index contributed by atoms with van der Waals surface area (Å²) in [7, 11) is 0. The molecule has 0 spiro atoms. The minimum Gasteiger partial charge on any atom is -0.337 e. The van der Waals surface area contributed by atoms with Gasteiger partial charge in [0.1, 0.15) is 5.69 Å². The van der Waals surface area contributed by atoms with Gasteiger partial charge in [0.15, 0.2) is 0 Å². The fourth-order valence-electron chi connectivity index (χ4n) is 2.31. The first kappa shape index (κ1) is 11.6. The first-order valence-corrected chi connectivity index (χ1v) is 6.93. The third-order valence-corrected chi connectivity index (χ3v) is 3.84. The van der Waals surface area contributed by atoms with Gasteiger partial charge in [0.2, 0.25) is 0 Å². The Labute approximate surface area is 100 Å². The van der Waals surface area contributed by atoms with Gasteiger partial charge in [0.05, 0.1) is 5.51 Å². The summed E-state index contributed by atoms with van der Waals surface area (Å²) in [6.07, 6.45) is 4.87. The Kier molecular flexibility index (Phi) is 3.93. The Hall–Kier alpha value is -0.900. The average Bonchev–Trinajstić information content (AvgIpc) is 2.83. The van der Waals surface area contributed by atoms with Gasteiger partial charge < -0.3 is 4.90 Å². The van der Waals surface area contributed by atoms with E-state index in [-0.39, 0.29) is 5.91 Å². The number of hydrogen-bond acceptors (Lipinski definition) is 3. The fraction of sp³-hybridized carbons (Fsp3) is 0.667. The lowest BCUT2D eigenvalue weighted by molar-refractivity contribution is 0.0681. The highest BCUT2D eigenvalue weighted by Crippen LogP contribution is 2.22. The number of hydrogen-bond donors (Lipinski definition) is 0. The molecule has 0 aromatic carbocycles. The molecule has 4 heteroatoms. The highest BCUT2D eigenvalue weighted by atomic mass is 32.1. The second kappa shape index (κ2) is 5.43. The van der Waals surface area contributed by atoms with Gasteiger partial charge in [-0.25, -0.2) is 4.98 Å². The molecule has 1 amide bonds. The second-order valence-corrected chi connectivity index (χ2v) is 5.12. The van der Waals surface area contributed by atoms with E-state index >= 15 is 0 Å². The summed E-state index contributed by atoms with van der Waals surface area (Å²) < 4.78 is 0. The minimum atomic E-state index is 0.108. The van der Waals surface area contributed by atoms with E-state index in [2.05, 4.69) is 11.9 Å². The maximum atomic E-state index is 12.0. The van der Waals surface area contributed by atoms with E-state index in [1.807, 2.05) is 10.3 Å². The SMILES string of the molecule is CCCC1CCN(C(=O)c2cscn2)CC1. The molecule has 2 heterocycles. The van der Waals surface area contributed by atoms with Crippen LogP contribution in [0.5, 0.6) is 0 Å². The van der Waals surface area contributed by atoms with Gasteiger partial charge in [-0.15, -0.1) is 11.3 Å². The molecular weight excluding hydrogens is 220 g/mol. The molecule has 1 aromatic rings. The monoisotopic (exact) mass is 238 g/mol. The molecule has 1 fully saturated rings. The predicted octanol–water partition coefficient (Wildman–Crippen LogP) is 2.80. The van der Waals surface area contributed by atoms with Gasteiger partial charge in [0.25, 0.3) is 5.91 Å². The van der Waals surface area contributed by atoms with Crippen LogP contribution in [0.3, 0.4) is 0 Å². The van der Waals surface area contributed by atoms with Crippen molar-refractivity contribution >= 4 is 17.2 Å². The van der Waals surface area contributed by atoms with E-state index in [1.165, 1.54) is 24.2 Å². The molecule has 3 nitrogen and oxygen atoms in total. The van der Waals surface area contributed by atoms with Gasteiger partial charge in [-0.3, -0.25) is 4.79 Å². The zero-order valence-corrected chi connectivity index (χ0v) is 10.5. The quantitative estimate of drug-likeness (QED) is 0.811. The van der Waals surface area contributed by atoms with E-state index in [0.717, 1.165) is 31.8 Å². The Balaban J connectivity index is 1.87. The zero-order valence-electron chi connectivity index (χ0n) is 9.69. The van der Waals surface area contributed by atoms with Gasteiger partial charge in [-0.2, -0.15) is 0 Å². The molecule has 1 aliphatic rings. The predicted molar refractivity (Wildman–Crippen MR) is 65.6 cm³/mol. The summed E-state index contributed by atoms with van der Waals surface area (Å²) in [5, 5.41) is 1.83. The van der Waals surface area contributed by atoms with E-state index in [1.54, 1.807) is 5.51 Å². The molecule has 16 heavy (non-hydrogen) atoms. The summed E-state index contributed by atoms with van der Waals surface area (Å²) in [5.74, 6) is 0.931. The van der Waals surface area contributed by atoms with Crippen molar-refractivity contribution in [2.24, 2.45) is 5.92 Å². The Morgan fingerprint density at radius 2 is 2.31 bits per heavy atom. The van der Waals surface area contributed by atoms with E-state index in [4.69, 9.17) is 0 Å². The summed E-state index contributed by atoms with van der Waals surface area (Å²) in [6, 6.07) is 0. The van der Waals surface area contributed by atoms with Gasteiger partial charge >= 0.3 is 0 Å². The number of thiazole rings is 1. The van der Waals surface area contributed by atoms with E-state index in [0.29, 0.717) is 5.69 Å². The maximum absolute atomic E-state index is 12.0. The van der Waals surface area contributed by atoms with Gasteiger partial charge in [-0.05, 0) is 18.8 Å². The highest BCUT2D eigenvalue weighted by Gasteiger charge is 2.23. The fourth-order valence-corrected chi connectivity index (χ4v) is 2.84. The number of piperidine rings is 1. The summed E-state index contributed by atoms with van der Waals surface area (Å²) in [4.78, 5) is 18.0. The number of likely N-dealkylation sites (tertiary alicyclic amines) is 1. The molecule has 1 aliphatic heterocycles. The van der Waals surface area contributed by atoms with Crippen LogP contribution in [0.4, 0.5) is 0 Å². The number of amides is 1. The standard InChI is InChI=1S/C12H18N2OS/c1-2-3-10-4-6-14(7-5-10)12(15)11-8-16-9-13-11/h8-10H,2-7H2,1H3. The minimum absolute atomic E-state index is 0.108. The van der Waals surface area contributed by atoms with Gasteiger partial charge in [-0.1, -0.05) is 19.8 Å². The number of aromatic nitrogens is 1. The van der Waals surface area contributed by atoms with Crippen molar-refractivity contribution < 1.29 is 4.79 Å². The van der Waals surface area contributed by atoms with Crippen molar-refractivity contribution in [2.75, 3.05) is 13.1 Å². The summed E-state index contributed by atoms with van der Waals surface area (Å²) >= 11 is 1.48. The largest absolute Gasteiger partial charge is 0.337 e. The van der Waals surface area contributed by atoms with E-state index in [9.17, 15) is 4.79 Å². The van der Waals surface area contributed by atoms with Crippen LogP contribution >= 0.6 is 11.3 Å². The third kappa shape index (κ3) is 2.61. The summed E-state index contributed by atoms with van der Waals surface area (Å²) in [5.41, 5.74) is 2.33. The first-order valence-electron chi connectivity index (χ1n) is 5.98. The molecular formula is C12H18N2OS. The molecule has 2 rings (SSSR count). The molecule has 88 valence electrons. The molecule has 0 aliphatic carbocycles. The second-order valence-electron chi connectivity index (χ2n) is 4.40. The van der Waals surface area contributed by atoms with Crippen LogP contribution in [0.25, 0.3) is 0 Å². The topological polar surface area (TPSA) is 33.2 Å². The Morgan fingerprint density at radius 3 is 2.88 bits per heavy atom. The molecule has 0 bridgehead atoms. The van der Waals surface area contributed by atoms with Crippen molar-refractivity contribution in [2.45, 2.75) is 32.6 Å². The van der Waals surface area contributed by atoms with Crippen LogP contribution in [-0.4, -0.2) is 28.9 Å². The number of rotatable bonds is 3. The first-order chi connectivity index (χ1) is 7.81. The lowest BCUT2D eigenvalue weighted by Crippen LogP contribution is -2.38. The Morgan fingerprint density at radius 1 is 1.56 bits per heavy atom. The average molecular weight is 238 g/mol. The normalized spacial score (nSPS) is 17.7. The lowest BCUT2D eigenvalue weighted by Gasteiger charge is -2.31. The van der Waals surface area contributed by atoms with Crippen LogP contribution in [-0.2, 0) is 0 Å². The van der Waals surface area contributed by atoms with Crippen LogP contribution < -0.4 is 0 Å². The molecule has 0 saturated carbocycles. The van der Waals surface area contributed by atoms with Crippen molar-refractivity contribution in [3.05, 3.63) is 16.6 Å². The highest BCUT2D eigenvalue weighted by molar-refractivity contribution is 7.07. The smallest absolute Gasteiger partial charge is 0.273 e. The van der Waals surface area contributed by atoms with Crippen molar-refractivity contribution in [3.8, 4) is 0 Å². The van der Waals surface area contributed by atoms with Crippen molar-refractivity contribution in [3.63, 3.8) is 0 Å². The Bertz CT molecular complexity index is 329. The van der Waals surface area contributed by atoms with Crippen LogP contribution in [0.2, 0.25) is 0 Å². The molecule has 0 N–H and O–H groups in total. The summed E-state index contributed by atoms with van der Waals surface area (Å²) in [6.45, 7) is 4.04. The molecule has 0 radical (unpaired) electrons. The third-order valence-electron chi connectivity index (χ3n) is 3.25. The molecule has 0 unspecified atom stereocenters. The maximum Gasteiger partial charge on any atom is 0.273 e. The zero-order chi connectivity index (χ0) is 11.4. The van der Waals surface area contributed by atoms with Crippen LogP contribution in [0.15, 0.2) is 10.9 Å². The number of nitrogens with zero attached hydrogens (tertiary/aromatic N) is 2. The van der Waals surface area contributed by atoms with Crippen molar-refractivity contribution in [1.29, 1.82) is 0 Å². The van der Waals surface area contributed by atoms with E-state index < -0.39 is 0 Å². The van der Waals surface area contributed by atoms with Crippen LogP contribution in [0, 0.1) is 5.92 Å². The van der Waals surface area contributed by atoms with Gasteiger partial charge in [0, 0.05) is 18.5 Å².